The summed E-state index contributed by atoms with van der Waals surface area (Å²) in [6, 6.07) is 3.74. The maximum Gasteiger partial charge on any atom is 0.150 e. The molecule has 0 amide bonds. The molecular formula is C14H20ClNO3S. The predicted molar refractivity (Wildman–Crippen MR) is 80.0 cm³/mol. The van der Waals surface area contributed by atoms with E-state index in [0.29, 0.717) is 23.7 Å². The van der Waals surface area contributed by atoms with Crippen LogP contribution >= 0.6 is 11.6 Å². The number of hydrogen-bond acceptors (Lipinski definition) is 4. The Morgan fingerprint density at radius 3 is 2.80 bits per heavy atom. The van der Waals surface area contributed by atoms with E-state index in [0.717, 1.165) is 25.0 Å². The van der Waals surface area contributed by atoms with E-state index in [1.165, 1.54) is 6.26 Å². The first-order valence-electron chi connectivity index (χ1n) is 6.78. The van der Waals surface area contributed by atoms with Crippen molar-refractivity contribution in [2.45, 2.75) is 49.8 Å². The van der Waals surface area contributed by atoms with Gasteiger partial charge in [-0.1, -0.05) is 0 Å². The lowest BCUT2D eigenvalue weighted by Gasteiger charge is -2.29. The molecule has 0 spiro atoms. The van der Waals surface area contributed by atoms with E-state index in [1.807, 2.05) is 19.1 Å². The predicted octanol–water partition coefficient (Wildman–Crippen LogP) is 2.86. The Labute approximate surface area is 125 Å². The Balaban J connectivity index is 2.10. The van der Waals surface area contributed by atoms with Crippen molar-refractivity contribution in [1.82, 2.24) is 4.98 Å². The molecule has 20 heavy (non-hydrogen) atoms. The van der Waals surface area contributed by atoms with Crippen molar-refractivity contribution < 1.29 is 13.2 Å². The summed E-state index contributed by atoms with van der Waals surface area (Å²) in [5, 5.41) is -0.292. The third-order valence-electron chi connectivity index (χ3n) is 3.68. The molecule has 0 radical (unpaired) electrons. The quantitative estimate of drug-likeness (QED) is 0.801. The van der Waals surface area contributed by atoms with Gasteiger partial charge in [0.05, 0.1) is 16.8 Å². The number of halogens is 1. The topological polar surface area (TPSA) is 56.3 Å². The second-order valence-electron chi connectivity index (χ2n) is 5.39. The fourth-order valence-electron chi connectivity index (χ4n) is 2.58. The van der Waals surface area contributed by atoms with Gasteiger partial charge in [0.1, 0.15) is 21.7 Å². The Morgan fingerprint density at radius 1 is 1.40 bits per heavy atom. The molecule has 0 saturated heterocycles. The highest BCUT2D eigenvalue weighted by Gasteiger charge is 2.30. The highest BCUT2D eigenvalue weighted by molar-refractivity contribution is 7.91. The van der Waals surface area contributed by atoms with Crippen LogP contribution in [0, 0.1) is 6.92 Å². The minimum Gasteiger partial charge on any atom is -0.488 e. The molecule has 1 aromatic rings. The first-order valence-corrected chi connectivity index (χ1v) is 9.27. The van der Waals surface area contributed by atoms with E-state index in [4.69, 9.17) is 16.3 Å². The van der Waals surface area contributed by atoms with Crippen LogP contribution in [-0.4, -0.2) is 31.0 Å². The van der Waals surface area contributed by atoms with E-state index in [9.17, 15) is 8.42 Å². The lowest BCUT2D eigenvalue weighted by Crippen LogP contribution is -2.33. The van der Waals surface area contributed by atoms with Crippen molar-refractivity contribution in [2.24, 2.45) is 0 Å². The molecule has 112 valence electrons. The fourth-order valence-corrected chi connectivity index (χ4v) is 3.93. The summed E-state index contributed by atoms with van der Waals surface area (Å²) in [5.74, 6) is 0.962. The van der Waals surface area contributed by atoms with Crippen LogP contribution in [0.3, 0.4) is 0 Å². The van der Waals surface area contributed by atoms with Crippen LogP contribution in [0.1, 0.15) is 37.1 Å². The van der Waals surface area contributed by atoms with Gasteiger partial charge in [-0.2, -0.15) is 0 Å². The zero-order chi connectivity index (χ0) is 14.8. The number of sulfone groups is 1. The number of alkyl halides is 1. The molecule has 2 unspecified atom stereocenters. The van der Waals surface area contributed by atoms with Crippen molar-refractivity contribution in [2.75, 3.05) is 6.26 Å². The van der Waals surface area contributed by atoms with Gasteiger partial charge in [-0.25, -0.2) is 8.42 Å². The normalized spacial score (nSPS) is 23.6. The molecule has 4 nitrogen and oxygen atoms in total. The summed E-state index contributed by atoms with van der Waals surface area (Å²) >= 11 is 5.88. The van der Waals surface area contributed by atoms with Gasteiger partial charge in [0.15, 0.2) is 0 Å². The minimum atomic E-state index is -3.00. The molecule has 1 aromatic heterocycles. The Morgan fingerprint density at radius 2 is 2.15 bits per heavy atom. The van der Waals surface area contributed by atoms with Gasteiger partial charge in [-0.3, -0.25) is 4.98 Å². The Kier molecular flexibility index (Phi) is 4.91. The second-order valence-corrected chi connectivity index (χ2v) is 7.98. The zero-order valence-corrected chi connectivity index (χ0v) is 13.4. The number of ether oxygens (including phenoxy) is 1. The van der Waals surface area contributed by atoms with E-state index >= 15 is 0 Å². The number of aromatic nitrogens is 1. The lowest BCUT2D eigenvalue weighted by atomic mass is 9.97. The number of nitrogens with zero attached hydrogens (tertiary/aromatic N) is 1. The van der Waals surface area contributed by atoms with Gasteiger partial charge >= 0.3 is 0 Å². The summed E-state index contributed by atoms with van der Waals surface area (Å²) < 4.78 is 29.3. The largest absolute Gasteiger partial charge is 0.488 e. The first kappa shape index (κ1) is 15.6. The van der Waals surface area contributed by atoms with Gasteiger partial charge in [0.25, 0.3) is 0 Å². The summed E-state index contributed by atoms with van der Waals surface area (Å²) in [5.41, 5.74) is 1.61. The maximum absolute atomic E-state index is 11.7. The van der Waals surface area contributed by atoms with Crippen molar-refractivity contribution >= 4 is 21.4 Å². The second kappa shape index (κ2) is 6.31. The summed E-state index contributed by atoms with van der Waals surface area (Å²) in [6.45, 7) is 1.90. The van der Waals surface area contributed by atoms with E-state index < -0.39 is 9.84 Å². The van der Waals surface area contributed by atoms with E-state index in [1.54, 1.807) is 0 Å². The molecule has 0 aromatic carbocycles. The zero-order valence-electron chi connectivity index (χ0n) is 11.8. The summed E-state index contributed by atoms with van der Waals surface area (Å²) in [6.07, 6.45) is 4.26. The van der Waals surface area contributed by atoms with Crippen molar-refractivity contribution in [3.8, 4) is 5.75 Å². The molecule has 2 atom stereocenters. The average Bonchev–Trinajstić information content (AvgIpc) is 2.40. The van der Waals surface area contributed by atoms with Crippen molar-refractivity contribution in [3.63, 3.8) is 0 Å². The van der Waals surface area contributed by atoms with Crippen LogP contribution in [0.2, 0.25) is 0 Å². The molecule has 2 rings (SSSR count). The maximum atomic E-state index is 11.7. The standard InChI is InChI=1S/C14H20ClNO3S/c1-10-6-7-14(13(9-15)16-10)19-11-4-3-5-12(8-11)20(2,17)18/h6-7,11-12H,3-5,8-9H2,1-2H3. The Bertz CT molecular complexity index is 574. The molecule has 1 heterocycles. The molecule has 0 N–H and O–H groups in total. The third-order valence-corrected chi connectivity index (χ3v) is 5.57. The van der Waals surface area contributed by atoms with Crippen molar-refractivity contribution in [1.29, 1.82) is 0 Å². The van der Waals surface area contributed by atoms with Gasteiger partial charge in [0.2, 0.25) is 0 Å². The van der Waals surface area contributed by atoms with Crippen LogP contribution in [0.4, 0.5) is 0 Å². The smallest absolute Gasteiger partial charge is 0.150 e. The summed E-state index contributed by atoms with van der Waals surface area (Å²) in [4.78, 5) is 4.35. The molecule has 1 fully saturated rings. The molecule has 1 saturated carbocycles. The number of hydrogen-bond donors (Lipinski definition) is 0. The number of aryl methyl sites for hydroxylation is 1. The highest BCUT2D eigenvalue weighted by Crippen LogP contribution is 2.29. The molecule has 6 heteroatoms. The van der Waals surface area contributed by atoms with Gasteiger partial charge in [0, 0.05) is 18.4 Å². The van der Waals surface area contributed by atoms with Crippen LogP contribution in [0.5, 0.6) is 5.75 Å². The lowest BCUT2D eigenvalue weighted by molar-refractivity contribution is 0.154. The van der Waals surface area contributed by atoms with Crippen LogP contribution in [0.15, 0.2) is 12.1 Å². The molecule has 0 aliphatic heterocycles. The third kappa shape index (κ3) is 3.85. The average molecular weight is 318 g/mol. The fraction of sp³-hybridized carbons (Fsp3) is 0.643. The van der Waals surface area contributed by atoms with Crippen molar-refractivity contribution in [3.05, 3.63) is 23.5 Å². The van der Waals surface area contributed by atoms with Gasteiger partial charge in [-0.15, -0.1) is 11.6 Å². The van der Waals surface area contributed by atoms with Crippen LogP contribution in [0.25, 0.3) is 0 Å². The molecule has 0 bridgehead atoms. The molecule has 1 aliphatic carbocycles. The Hall–Kier alpha value is -0.810. The van der Waals surface area contributed by atoms with Gasteiger partial charge in [-0.05, 0) is 38.3 Å². The van der Waals surface area contributed by atoms with E-state index in [2.05, 4.69) is 4.98 Å². The SMILES string of the molecule is Cc1ccc(OC2CCCC(S(C)(=O)=O)C2)c(CCl)n1. The van der Waals surface area contributed by atoms with Gasteiger partial charge < -0.3 is 4.74 Å². The van der Waals surface area contributed by atoms with E-state index in [-0.39, 0.29) is 11.4 Å². The summed E-state index contributed by atoms with van der Waals surface area (Å²) in [7, 11) is -3.00. The monoisotopic (exact) mass is 317 g/mol. The number of pyridine rings is 1. The van der Waals surface area contributed by atoms with Crippen LogP contribution < -0.4 is 4.74 Å². The minimum absolute atomic E-state index is 0.0741. The number of rotatable bonds is 4. The molecule has 1 aliphatic rings. The van der Waals surface area contributed by atoms with Crippen LogP contribution in [-0.2, 0) is 15.7 Å². The first-order chi connectivity index (χ1) is 9.40. The molecular weight excluding hydrogens is 298 g/mol. The highest BCUT2D eigenvalue weighted by atomic mass is 35.5.